The van der Waals surface area contributed by atoms with Crippen molar-refractivity contribution >= 4 is 22.1 Å². The molecule has 1 unspecified atom stereocenters. The lowest BCUT2D eigenvalue weighted by atomic mass is 9.88. The first kappa shape index (κ1) is 28.0. The minimum Gasteiger partial charge on any atom is -0.355 e. The highest BCUT2D eigenvalue weighted by Gasteiger charge is 2.29. The third-order valence-corrected chi connectivity index (χ3v) is 9.09. The van der Waals surface area contributed by atoms with E-state index in [4.69, 9.17) is 9.97 Å². The molecule has 9 rings (SSSR count). The molecule has 0 aliphatic carbocycles. The minimum absolute atomic E-state index is 0.0351. The van der Waals surface area contributed by atoms with Gasteiger partial charge in [0.15, 0.2) is 0 Å². The van der Waals surface area contributed by atoms with Gasteiger partial charge in [0.2, 0.25) is 0 Å². The van der Waals surface area contributed by atoms with Gasteiger partial charge in [-0.05, 0) is 73.0 Å². The monoisotopic (exact) mass is 622 g/mol. The van der Waals surface area contributed by atoms with Crippen LogP contribution < -0.4 is 0 Å². The first-order valence-corrected chi connectivity index (χ1v) is 16.1. The molecule has 2 aliphatic rings. The summed E-state index contributed by atoms with van der Waals surface area (Å²) in [5.74, 6) is -0.0351. The molecule has 7 aromatic rings. The summed E-state index contributed by atoms with van der Waals surface area (Å²) in [5.41, 5.74) is 15.1. The fraction of sp³-hybridized carbons (Fsp3) is 0.100. The molecule has 9 heterocycles. The van der Waals surface area contributed by atoms with Crippen molar-refractivity contribution in [3.63, 3.8) is 0 Å². The summed E-state index contributed by atoms with van der Waals surface area (Å²) in [4.78, 5) is 36.2. The molecular weight excluding hydrogens is 592 g/mol. The van der Waals surface area contributed by atoms with Crippen LogP contribution in [0.15, 0.2) is 128 Å². The van der Waals surface area contributed by atoms with Crippen LogP contribution in [0.4, 0.5) is 0 Å². The van der Waals surface area contributed by atoms with E-state index in [0.29, 0.717) is 0 Å². The maximum absolute atomic E-state index is 5.45. The molecule has 8 heteroatoms. The third-order valence-electron chi connectivity index (χ3n) is 9.09. The van der Waals surface area contributed by atoms with E-state index in [1.165, 1.54) is 0 Å². The quantitative estimate of drug-likeness (QED) is 0.206. The predicted molar refractivity (Wildman–Crippen MR) is 188 cm³/mol. The van der Waals surface area contributed by atoms with Crippen molar-refractivity contribution in [3.8, 4) is 33.4 Å². The number of H-pyrrole nitrogens is 2. The molecule has 2 aliphatic heterocycles. The summed E-state index contributed by atoms with van der Waals surface area (Å²) < 4.78 is 0. The number of fused-ring (bicyclic) bond motifs is 8. The van der Waals surface area contributed by atoms with Crippen molar-refractivity contribution in [1.82, 2.24) is 39.9 Å². The molecule has 8 bridgehead atoms. The standard InChI is InChI=1S/C40H30N8/c1-5-25(21-41-13-1)34-19-33-18-31-10-9-29(45-31)17-30-11-12-32(46-30)20-35-36(26-6-2-14-42-22-26)37(27-7-3-15-43-23-27)40(48-35)38(39(34)47-33)28-8-4-16-44-24-28/h1-10,13-18,20-24,34,45,48H,11-12,19H2. The number of hydrogen-bond acceptors (Lipinski definition) is 6. The van der Waals surface area contributed by atoms with Crippen LogP contribution >= 0.6 is 0 Å². The molecule has 0 aromatic carbocycles. The van der Waals surface area contributed by atoms with E-state index < -0.39 is 0 Å². The van der Waals surface area contributed by atoms with Crippen molar-refractivity contribution in [2.75, 3.05) is 0 Å². The van der Waals surface area contributed by atoms with E-state index in [2.05, 4.69) is 84.5 Å². The summed E-state index contributed by atoms with van der Waals surface area (Å²) >= 11 is 0. The van der Waals surface area contributed by atoms with E-state index in [1.807, 2.05) is 73.8 Å². The highest BCUT2D eigenvalue weighted by molar-refractivity contribution is 6.07. The van der Waals surface area contributed by atoms with Crippen LogP contribution in [0.2, 0.25) is 0 Å². The van der Waals surface area contributed by atoms with Crippen LogP contribution in [0.1, 0.15) is 34.3 Å². The van der Waals surface area contributed by atoms with Gasteiger partial charge in [0, 0.05) is 129 Å². The highest BCUT2D eigenvalue weighted by Crippen LogP contribution is 2.45. The predicted octanol–water partition coefficient (Wildman–Crippen LogP) is 8.06. The Morgan fingerprint density at radius 1 is 0.521 bits per heavy atom. The molecule has 0 saturated heterocycles. The lowest BCUT2D eigenvalue weighted by Gasteiger charge is -2.15. The van der Waals surface area contributed by atoms with Crippen LogP contribution in [0.5, 0.6) is 0 Å². The maximum atomic E-state index is 5.45. The Labute approximate surface area is 276 Å². The van der Waals surface area contributed by atoms with Crippen LogP contribution in [0.25, 0.3) is 55.4 Å². The van der Waals surface area contributed by atoms with Gasteiger partial charge in [-0.2, -0.15) is 0 Å². The third kappa shape index (κ3) is 5.13. The molecule has 7 aromatic heterocycles. The number of rotatable bonds is 4. The van der Waals surface area contributed by atoms with Gasteiger partial charge in [0.1, 0.15) is 0 Å². The van der Waals surface area contributed by atoms with Gasteiger partial charge in [-0.3, -0.25) is 29.9 Å². The van der Waals surface area contributed by atoms with Crippen molar-refractivity contribution in [2.24, 2.45) is 0 Å². The normalized spacial score (nSPS) is 14.2. The van der Waals surface area contributed by atoms with E-state index in [9.17, 15) is 0 Å². The van der Waals surface area contributed by atoms with Crippen molar-refractivity contribution in [3.05, 3.63) is 157 Å². The number of nitrogens with one attached hydrogen (secondary N) is 2. The summed E-state index contributed by atoms with van der Waals surface area (Å²) in [5, 5.41) is 0. The zero-order valence-corrected chi connectivity index (χ0v) is 26.0. The smallest absolute Gasteiger partial charge is 0.0586 e. The van der Waals surface area contributed by atoms with E-state index in [0.717, 1.165) is 103 Å². The van der Waals surface area contributed by atoms with Crippen LogP contribution in [0, 0.1) is 0 Å². The number of pyridine rings is 4. The van der Waals surface area contributed by atoms with Gasteiger partial charge in [-0.15, -0.1) is 0 Å². The Morgan fingerprint density at radius 2 is 1.10 bits per heavy atom. The molecule has 2 N–H and O–H groups in total. The van der Waals surface area contributed by atoms with Gasteiger partial charge < -0.3 is 9.97 Å². The van der Waals surface area contributed by atoms with Crippen LogP contribution in [-0.2, 0) is 19.3 Å². The first-order valence-electron chi connectivity index (χ1n) is 16.1. The highest BCUT2D eigenvalue weighted by atomic mass is 14.8. The van der Waals surface area contributed by atoms with Gasteiger partial charge in [-0.25, -0.2) is 0 Å². The number of aromatic nitrogens is 8. The Balaban J connectivity index is 1.52. The first-order chi connectivity index (χ1) is 23.8. The summed E-state index contributed by atoms with van der Waals surface area (Å²) in [6.07, 6.45) is 17.4. The number of aryl methyl sites for hydroxylation is 2. The van der Waals surface area contributed by atoms with E-state index in [-0.39, 0.29) is 5.92 Å². The van der Waals surface area contributed by atoms with Crippen LogP contribution in [-0.4, -0.2) is 39.9 Å². The van der Waals surface area contributed by atoms with Gasteiger partial charge >= 0.3 is 0 Å². The Hall–Kier alpha value is -6.28. The molecule has 230 valence electrons. The fourth-order valence-corrected chi connectivity index (χ4v) is 7.00. The topological polar surface area (TPSA) is 109 Å². The van der Waals surface area contributed by atoms with Crippen molar-refractivity contribution < 1.29 is 0 Å². The summed E-state index contributed by atoms with van der Waals surface area (Å²) in [7, 11) is 0. The van der Waals surface area contributed by atoms with Crippen molar-refractivity contribution in [2.45, 2.75) is 25.2 Å². The Bertz CT molecular complexity index is 2420. The van der Waals surface area contributed by atoms with Crippen LogP contribution in [0.3, 0.4) is 0 Å². The van der Waals surface area contributed by atoms with E-state index >= 15 is 0 Å². The van der Waals surface area contributed by atoms with E-state index in [1.54, 1.807) is 0 Å². The average Bonchev–Trinajstić information content (AvgIpc) is 3.94. The lowest BCUT2D eigenvalue weighted by Crippen LogP contribution is -2.02. The zero-order valence-electron chi connectivity index (χ0n) is 26.0. The van der Waals surface area contributed by atoms with Gasteiger partial charge in [0.05, 0.1) is 11.2 Å². The summed E-state index contributed by atoms with van der Waals surface area (Å²) in [6.45, 7) is 0. The molecule has 1 atom stereocenters. The Kier molecular flexibility index (Phi) is 6.89. The Morgan fingerprint density at radius 3 is 1.73 bits per heavy atom. The minimum atomic E-state index is -0.0351. The molecule has 48 heavy (non-hydrogen) atoms. The molecule has 0 radical (unpaired) electrons. The molecule has 8 nitrogen and oxygen atoms in total. The second-order valence-corrected chi connectivity index (χ2v) is 12.2. The molecule has 0 spiro atoms. The number of nitrogens with zero attached hydrogens (tertiary/aromatic N) is 6. The number of aromatic amines is 2. The second kappa shape index (κ2) is 11.8. The van der Waals surface area contributed by atoms with Gasteiger partial charge in [0.25, 0.3) is 0 Å². The average molecular weight is 623 g/mol. The largest absolute Gasteiger partial charge is 0.355 e. The summed E-state index contributed by atoms with van der Waals surface area (Å²) in [6, 6.07) is 27.1. The number of hydrogen-bond donors (Lipinski definition) is 2. The lowest BCUT2D eigenvalue weighted by molar-refractivity contribution is 0.841. The SMILES string of the molecule is c1cncc(-c2c(-c3cccnc3)c3[nH]c2cc2nc(cc4ccc(cc5nc(c3-c3cccnc3)C(c3cccnc3)C5)[nH]4)CC2)c1. The van der Waals surface area contributed by atoms with Crippen molar-refractivity contribution in [1.29, 1.82) is 0 Å². The molecule has 0 fully saturated rings. The van der Waals surface area contributed by atoms with Gasteiger partial charge in [-0.1, -0.05) is 24.3 Å². The molecular formula is C40H30N8. The second-order valence-electron chi connectivity index (χ2n) is 12.2. The fourth-order valence-electron chi connectivity index (χ4n) is 7.00. The maximum Gasteiger partial charge on any atom is 0.0586 e. The molecule has 0 amide bonds. The zero-order chi connectivity index (χ0) is 31.9. The molecule has 0 saturated carbocycles.